The van der Waals surface area contributed by atoms with Crippen LogP contribution < -0.4 is 0 Å². The minimum Gasteiger partial charge on any atom is -0.361 e. The van der Waals surface area contributed by atoms with E-state index in [1.807, 2.05) is 0 Å². The standard InChI is InChI=1S/C13H20N4O/c1-3-11-7-12(17(4-2)15-11)9-16-5-6-18-13(8-14)10-16/h7,13H,3-6,9-10H2,1-2H3. The molecule has 1 aliphatic rings. The minimum atomic E-state index is -0.289. The summed E-state index contributed by atoms with van der Waals surface area (Å²) in [6, 6.07) is 4.35. The first-order valence-corrected chi connectivity index (χ1v) is 6.56. The van der Waals surface area contributed by atoms with E-state index in [0.29, 0.717) is 13.2 Å². The molecule has 1 aromatic rings. The Bertz CT molecular complexity index is 435. The Morgan fingerprint density at radius 2 is 2.39 bits per heavy atom. The van der Waals surface area contributed by atoms with Crippen molar-refractivity contribution in [3.8, 4) is 6.07 Å². The quantitative estimate of drug-likeness (QED) is 0.803. The van der Waals surface area contributed by atoms with E-state index in [0.717, 1.165) is 31.7 Å². The largest absolute Gasteiger partial charge is 0.361 e. The fourth-order valence-electron chi connectivity index (χ4n) is 2.24. The first kappa shape index (κ1) is 13.1. The van der Waals surface area contributed by atoms with Crippen molar-refractivity contribution < 1.29 is 4.74 Å². The SMILES string of the molecule is CCc1cc(CN2CCOC(C#N)C2)n(CC)n1. The maximum Gasteiger partial charge on any atom is 0.156 e. The molecule has 1 saturated heterocycles. The molecule has 2 rings (SSSR count). The molecule has 0 aromatic carbocycles. The van der Waals surface area contributed by atoms with Crippen LogP contribution in [-0.4, -0.2) is 40.5 Å². The molecule has 1 unspecified atom stereocenters. The molecule has 1 atom stereocenters. The van der Waals surface area contributed by atoms with Crippen molar-refractivity contribution in [3.63, 3.8) is 0 Å². The lowest BCUT2D eigenvalue weighted by Crippen LogP contribution is -2.41. The van der Waals surface area contributed by atoms with Crippen LogP contribution in [0.1, 0.15) is 25.2 Å². The van der Waals surface area contributed by atoms with Crippen LogP contribution in [-0.2, 0) is 24.2 Å². The van der Waals surface area contributed by atoms with E-state index in [1.54, 1.807) is 0 Å². The van der Waals surface area contributed by atoms with Gasteiger partial charge in [0.15, 0.2) is 6.10 Å². The molecule has 0 bridgehead atoms. The van der Waals surface area contributed by atoms with Gasteiger partial charge in [-0.05, 0) is 19.4 Å². The lowest BCUT2D eigenvalue weighted by Gasteiger charge is -2.29. The number of morpholine rings is 1. The minimum absolute atomic E-state index is 0.289. The van der Waals surface area contributed by atoms with E-state index < -0.39 is 0 Å². The molecular formula is C13H20N4O. The summed E-state index contributed by atoms with van der Waals surface area (Å²) in [6.07, 6.45) is 0.673. The highest BCUT2D eigenvalue weighted by atomic mass is 16.5. The van der Waals surface area contributed by atoms with Gasteiger partial charge in [0.2, 0.25) is 0 Å². The smallest absolute Gasteiger partial charge is 0.156 e. The van der Waals surface area contributed by atoms with E-state index in [2.05, 4.69) is 40.7 Å². The molecule has 1 aromatic heterocycles. The van der Waals surface area contributed by atoms with Gasteiger partial charge in [0.25, 0.3) is 0 Å². The highest BCUT2D eigenvalue weighted by Crippen LogP contribution is 2.12. The van der Waals surface area contributed by atoms with E-state index in [-0.39, 0.29) is 6.10 Å². The molecule has 1 aliphatic heterocycles. The normalized spacial score (nSPS) is 20.8. The van der Waals surface area contributed by atoms with Crippen LogP contribution in [0.5, 0.6) is 0 Å². The zero-order chi connectivity index (χ0) is 13.0. The van der Waals surface area contributed by atoms with Crippen LogP contribution in [0, 0.1) is 11.3 Å². The van der Waals surface area contributed by atoms with Gasteiger partial charge >= 0.3 is 0 Å². The zero-order valence-electron chi connectivity index (χ0n) is 11.1. The van der Waals surface area contributed by atoms with Gasteiger partial charge in [-0.15, -0.1) is 0 Å². The van der Waals surface area contributed by atoms with Crippen LogP contribution in [0.2, 0.25) is 0 Å². The number of nitriles is 1. The molecule has 0 aliphatic carbocycles. The van der Waals surface area contributed by atoms with Crippen molar-refractivity contribution in [2.75, 3.05) is 19.7 Å². The number of hydrogen-bond donors (Lipinski definition) is 0. The van der Waals surface area contributed by atoms with Gasteiger partial charge in [0.05, 0.1) is 24.1 Å². The Morgan fingerprint density at radius 3 is 3.06 bits per heavy atom. The molecule has 5 heteroatoms. The third-order valence-electron chi connectivity index (χ3n) is 3.26. The number of aromatic nitrogens is 2. The Labute approximate surface area is 108 Å². The van der Waals surface area contributed by atoms with Gasteiger partial charge in [0.1, 0.15) is 0 Å². The van der Waals surface area contributed by atoms with Crippen LogP contribution in [0.3, 0.4) is 0 Å². The summed E-state index contributed by atoms with van der Waals surface area (Å²) in [5.41, 5.74) is 2.37. The Morgan fingerprint density at radius 1 is 1.56 bits per heavy atom. The average Bonchev–Trinajstić information content (AvgIpc) is 2.81. The number of aryl methyl sites for hydroxylation is 2. The Balaban J connectivity index is 2.04. The Kier molecular flexibility index (Phi) is 4.34. The predicted octanol–water partition coefficient (Wildman–Crippen LogP) is 1.19. The lowest BCUT2D eigenvalue weighted by atomic mass is 10.2. The summed E-state index contributed by atoms with van der Waals surface area (Å²) in [5.74, 6) is 0. The van der Waals surface area contributed by atoms with Crippen molar-refractivity contribution in [2.24, 2.45) is 0 Å². The Hall–Kier alpha value is -1.38. The first-order valence-electron chi connectivity index (χ1n) is 6.56. The topological polar surface area (TPSA) is 54.1 Å². The summed E-state index contributed by atoms with van der Waals surface area (Å²) in [4.78, 5) is 2.26. The summed E-state index contributed by atoms with van der Waals surface area (Å²) in [6.45, 7) is 8.17. The molecule has 0 spiro atoms. The molecule has 98 valence electrons. The predicted molar refractivity (Wildman–Crippen MR) is 67.9 cm³/mol. The van der Waals surface area contributed by atoms with Crippen LogP contribution >= 0.6 is 0 Å². The molecule has 0 amide bonds. The van der Waals surface area contributed by atoms with Crippen molar-refractivity contribution in [3.05, 3.63) is 17.5 Å². The summed E-state index contributed by atoms with van der Waals surface area (Å²) in [7, 11) is 0. The lowest BCUT2D eigenvalue weighted by molar-refractivity contribution is -0.00357. The molecule has 0 N–H and O–H groups in total. The van der Waals surface area contributed by atoms with Gasteiger partial charge in [-0.25, -0.2) is 0 Å². The fourth-order valence-corrected chi connectivity index (χ4v) is 2.24. The van der Waals surface area contributed by atoms with E-state index in [4.69, 9.17) is 10.00 Å². The molecular weight excluding hydrogens is 228 g/mol. The maximum atomic E-state index is 8.90. The number of hydrogen-bond acceptors (Lipinski definition) is 4. The van der Waals surface area contributed by atoms with Crippen LogP contribution in [0.25, 0.3) is 0 Å². The molecule has 2 heterocycles. The third kappa shape index (κ3) is 2.89. The summed E-state index contributed by atoms with van der Waals surface area (Å²) >= 11 is 0. The monoisotopic (exact) mass is 248 g/mol. The van der Waals surface area contributed by atoms with Crippen LogP contribution in [0.15, 0.2) is 6.07 Å². The number of rotatable bonds is 4. The van der Waals surface area contributed by atoms with Crippen molar-refractivity contribution >= 4 is 0 Å². The number of nitrogens with zero attached hydrogens (tertiary/aromatic N) is 4. The number of ether oxygens (including phenoxy) is 1. The summed E-state index contributed by atoms with van der Waals surface area (Å²) < 4.78 is 7.40. The molecule has 1 fully saturated rings. The zero-order valence-corrected chi connectivity index (χ0v) is 11.1. The average molecular weight is 248 g/mol. The molecule has 18 heavy (non-hydrogen) atoms. The van der Waals surface area contributed by atoms with Gasteiger partial charge in [-0.2, -0.15) is 10.4 Å². The van der Waals surface area contributed by atoms with E-state index >= 15 is 0 Å². The van der Waals surface area contributed by atoms with Gasteiger partial charge in [-0.1, -0.05) is 6.92 Å². The second-order valence-corrected chi connectivity index (χ2v) is 4.52. The van der Waals surface area contributed by atoms with Gasteiger partial charge in [0, 0.05) is 26.2 Å². The maximum absolute atomic E-state index is 8.90. The third-order valence-corrected chi connectivity index (χ3v) is 3.26. The summed E-state index contributed by atoms with van der Waals surface area (Å²) in [5, 5.41) is 13.4. The van der Waals surface area contributed by atoms with E-state index in [9.17, 15) is 0 Å². The fraction of sp³-hybridized carbons (Fsp3) is 0.692. The highest BCUT2D eigenvalue weighted by molar-refractivity contribution is 5.10. The van der Waals surface area contributed by atoms with E-state index in [1.165, 1.54) is 5.69 Å². The van der Waals surface area contributed by atoms with Gasteiger partial charge < -0.3 is 4.74 Å². The van der Waals surface area contributed by atoms with Gasteiger partial charge in [-0.3, -0.25) is 9.58 Å². The second kappa shape index (κ2) is 5.98. The first-order chi connectivity index (χ1) is 8.76. The van der Waals surface area contributed by atoms with Crippen molar-refractivity contribution in [1.82, 2.24) is 14.7 Å². The highest BCUT2D eigenvalue weighted by Gasteiger charge is 2.21. The van der Waals surface area contributed by atoms with Crippen molar-refractivity contribution in [2.45, 2.75) is 39.5 Å². The molecule has 0 radical (unpaired) electrons. The van der Waals surface area contributed by atoms with Crippen molar-refractivity contribution in [1.29, 1.82) is 5.26 Å². The van der Waals surface area contributed by atoms with Crippen LogP contribution in [0.4, 0.5) is 0 Å². The molecule has 5 nitrogen and oxygen atoms in total. The molecule has 0 saturated carbocycles. The second-order valence-electron chi connectivity index (χ2n) is 4.52.